The molecule has 2 aliphatic rings. The van der Waals surface area contributed by atoms with E-state index >= 15 is 0 Å². The summed E-state index contributed by atoms with van der Waals surface area (Å²) >= 11 is 0. The van der Waals surface area contributed by atoms with Gasteiger partial charge in [-0.1, -0.05) is 17.3 Å². The number of amides is 1. The molecular formula is C22H22N4O3. The highest BCUT2D eigenvalue weighted by atomic mass is 16.5. The highest BCUT2D eigenvalue weighted by molar-refractivity contribution is 5.94. The first-order valence-corrected chi connectivity index (χ1v) is 9.97. The van der Waals surface area contributed by atoms with Gasteiger partial charge in [0.1, 0.15) is 0 Å². The molecule has 0 radical (unpaired) electrons. The number of β-amino-alcohol motifs (C(OH)–C–C–N with tert-alkyl or cyclic N) is 1. The van der Waals surface area contributed by atoms with Crippen LogP contribution in [0.25, 0.3) is 11.4 Å². The quantitative estimate of drug-likeness (QED) is 0.720. The zero-order valence-corrected chi connectivity index (χ0v) is 15.9. The third-order valence-electron chi connectivity index (χ3n) is 5.70. The molecule has 1 aliphatic carbocycles. The second-order valence-electron chi connectivity index (χ2n) is 7.90. The molecule has 3 aromatic rings. The summed E-state index contributed by atoms with van der Waals surface area (Å²) in [6.45, 7) is 0.894. The zero-order chi connectivity index (χ0) is 19.8. The lowest BCUT2D eigenvalue weighted by atomic mass is 9.97. The van der Waals surface area contributed by atoms with Gasteiger partial charge in [-0.15, -0.1) is 0 Å². The number of rotatable bonds is 5. The summed E-state index contributed by atoms with van der Waals surface area (Å²) in [6.07, 6.45) is 5.93. The molecule has 1 aromatic carbocycles. The van der Waals surface area contributed by atoms with Crippen molar-refractivity contribution < 1.29 is 14.4 Å². The van der Waals surface area contributed by atoms with Crippen LogP contribution in [0.4, 0.5) is 0 Å². The Labute approximate surface area is 168 Å². The number of hydrogen-bond acceptors (Lipinski definition) is 6. The third kappa shape index (κ3) is 3.78. The van der Waals surface area contributed by atoms with Gasteiger partial charge in [0, 0.05) is 48.4 Å². The summed E-state index contributed by atoms with van der Waals surface area (Å²) in [5.41, 5.74) is 2.54. The van der Waals surface area contributed by atoms with Crippen molar-refractivity contribution in [2.24, 2.45) is 5.92 Å². The zero-order valence-electron chi connectivity index (χ0n) is 15.9. The van der Waals surface area contributed by atoms with Crippen LogP contribution in [0.5, 0.6) is 0 Å². The van der Waals surface area contributed by atoms with Gasteiger partial charge >= 0.3 is 0 Å². The second-order valence-corrected chi connectivity index (χ2v) is 7.90. The molecule has 1 saturated carbocycles. The summed E-state index contributed by atoms with van der Waals surface area (Å²) in [6, 6.07) is 11.2. The van der Waals surface area contributed by atoms with E-state index in [9.17, 15) is 9.90 Å². The predicted octanol–water partition coefficient (Wildman–Crippen LogP) is 2.68. The lowest BCUT2D eigenvalue weighted by Crippen LogP contribution is -2.29. The Kier molecular flexibility index (Phi) is 4.60. The van der Waals surface area contributed by atoms with Crippen molar-refractivity contribution in [2.75, 3.05) is 13.1 Å². The van der Waals surface area contributed by atoms with Crippen molar-refractivity contribution in [3.8, 4) is 11.4 Å². The molecule has 2 aromatic heterocycles. The van der Waals surface area contributed by atoms with Gasteiger partial charge in [0.2, 0.25) is 11.7 Å². The Morgan fingerprint density at radius 3 is 2.59 bits per heavy atom. The summed E-state index contributed by atoms with van der Waals surface area (Å²) < 4.78 is 5.31. The first kappa shape index (κ1) is 18.0. The number of aliphatic hydroxyl groups excluding tert-OH is 1. The molecule has 0 bridgehead atoms. The Morgan fingerprint density at radius 1 is 1.10 bits per heavy atom. The van der Waals surface area contributed by atoms with Crippen LogP contribution in [-0.4, -0.2) is 50.2 Å². The molecule has 5 rings (SSSR count). The second kappa shape index (κ2) is 7.40. The van der Waals surface area contributed by atoms with Crippen LogP contribution in [-0.2, 0) is 6.42 Å². The van der Waals surface area contributed by atoms with E-state index in [-0.39, 0.29) is 11.8 Å². The number of nitrogens with zero attached hydrogens (tertiary/aromatic N) is 4. The fourth-order valence-corrected chi connectivity index (χ4v) is 3.84. The van der Waals surface area contributed by atoms with Gasteiger partial charge in [-0.2, -0.15) is 4.98 Å². The Hall–Kier alpha value is -3.06. The minimum Gasteiger partial charge on any atom is -0.391 e. The average Bonchev–Trinajstić information content (AvgIpc) is 3.38. The van der Waals surface area contributed by atoms with Crippen molar-refractivity contribution in [1.29, 1.82) is 0 Å². The minimum absolute atomic E-state index is 0.0285. The molecule has 1 N–H and O–H groups in total. The number of hydrogen-bond donors (Lipinski definition) is 1. The molecule has 0 unspecified atom stereocenters. The number of likely N-dealkylation sites (tertiary alicyclic amines) is 1. The Morgan fingerprint density at radius 2 is 1.86 bits per heavy atom. The number of carbonyl (C=O) groups excluding carboxylic acids is 1. The first-order valence-electron chi connectivity index (χ1n) is 9.97. The van der Waals surface area contributed by atoms with E-state index in [2.05, 4.69) is 15.1 Å². The van der Waals surface area contributed by atoms with E-state index in [1.165, 1.54) is 0 Å². The standard InChI is InChI=1S/C22H22N4O3/c27-19-13-26(12-18(19)11-14-7-9-23-10-8-14)22(28)17-5-1-15(2-6-17)20-24-21(29-25-20)16-3-4-16/h1-2,5-10,16,18-19,27H,3-4,11-13H2/t18-,19-/m1/s1. The van der Waals surface area contributed by atoms with E-state index in [1.54, 1.807) is 29.4 Å². The molecule has 7 heteroatoms. The number of aromatic nitrogens is 3. The summed E-state index contributed by atoms with van der Waals surface area (Å²) in [5, 5.41) is 14.5. The molecule has 1 aliphatic heterocycles. The van der Waals surface area contributed by atoms with Gasteiger partial charge in [0.05, 0.1) is 6.10 Å². The third-order valence-corrected chi connectivity index (χ3v) is 5.70. The van der Waals surface area contributed by atoms with Crippen LogP contribution in [0, 0.1) is 5.92 Å². The largest absolute Gasteiger partial charge is 0.391 e. The van der Waals surface area contributed by atoms with Crippen molar-refractivity contribution in [2.45, 2.75) is 31.3 Å². The Bertz CT molecular complexity index is 998. The lowest BCUT2D eigenvalue weighted by molar-refractivity contribution is 0.0764. The molecule has 148 valence electrons. The van der Waals surface area contributed by atoms with E-state index in [1.807, 2.05) is 24.3 Å². The van der Waals surface area contributed by atoms with Gasteiger partial charge < -0.3 is 14.5 Å². The number of aliphatic hydroxyl groups is 1. The van der Waals surface area contributed by atoms with Gasteiger partial charge in [0.15, 0.2) is 0 Å². The van der Waals surface area contributed by atoms with Gasteiger partial charge in [-0.3, -0.25) is 9.78 Å². The smallest absolute Gasteiger partial charge is 0.253 e. The van der Waals surface area contributed by atoms with Crippen LogP contribution < -0.4 is 0 Å². The van der Waals surface area contributed by atoms with Gasteiger partial charge in [-0.25, -0.2) is 0 Å². The average molecular weight is 390 g/mol. The van der Waals surface area contributed by atoms with Crippen LogP contribution in [0.1, 0.15) is 40.6 Å². The molecule has 1 saturated heterocycles. The molecule has 2 atom stereocenters. The summed E-state index contributed by atoms with van der Waals surface area (Å²) in [4.78, 5) is 23.1. The molecule has 29 heavy (non-hydrogen) atoms. The number of benzene rings is 1. The van der Waals surface area contributed by atoms with Gasteiger partial charge in [0.25, 0.3) is 5.91 Å². The lowest BCUT2D eigenvalue weighted by Gasteiger charge is -2.16. The SMILES string of the molecule is O=C(c1ccc(-c2noc(C3CC3)n2)cc1)N1C[C@@H](Cc2ccncc2)[C@H](O)C1. The summed E-state index contributed by atoms with van der Waals surface area (Å²) in [5.74, 6) is 1.63. The normalized spacial score (nSPS) is 21.5. The summed E-state index contributed by atoms with van der Waals surface area (Å²) in [7, 11) is 0. The van der Waals surface area contributed by atoms with Crippen LogP contribution >= 0.6 is 0 Å². The predicted molar refractivity (Wildman–Crippen MR) is 105 cm³/mol. The van der Waals surface area contributed by atoms with Crippen molar-refractivity contribution >= 4 is 5.91 Å². The molecule has 3 heterocycles. The van der Waals surface area contributed by atoms with Crippen molar-refractivity contribution in [3.63, 3.8) is 0 Å². The molecule has 1 amide bonds. The van der Waals surface area contributed by atoms with E-state index in [0.717, 1.165) is 30.4 Å². The van der Waals surface area contributed by atoms with Crippen LogP contribution in [0.2, 0.25) is 0 Å². The number of pyridine rings is 1. The van der Waals surface area contributed by atoms with Crippen LogP contribution in [0.15, 0.2) is 53.3 Å². The van der Waals surface area contributed by atoms with E-state index in [4.69, 9.17) is 4.52 Å². The monoisotopic (exact) mass is 390 g/mol. The number of carbonyl (C=O) groups is 1. The fourth-order valence-electron chi connectivity index (χ4n) is 3.84. The van der Waals surface area contributed by atoms with Crippen molar-refractivity contribution in [1.82, 2.24) is 20.0 Å². The maximum atomic E-state index is 12.9. The molecule has 2 fully saturated rings. The molecule has 0 spiro atoms. The molecule has 7 nitrogen and oxygen atoms in total. The van der Waals surface area contributed by atoms with Crippen LogP contribution in [0.3, 0.4) is 0 Å². The maximum absolute atomic E-state index is 12.9. The first-order chi connectivity index (χ1) is 14.2. The molecular weight excluding hydrogens is 368 g/mol. The Balaban J connectivity index is 1.25. The fraction of sp³-hybridized carbons (Fsp3) is 0.364. The highest BCUT2D eigenvalue weighted by Gasteiger charge is 2.34. The highest BCUT2D eigenvalue weighted by Crippen LogP contribution is 2.39. The topological polar surface area (TPSA) is 92.4 Å². The van der Waals surface area contributed by atoms with Crippen molar-refractivity contribution in [3.05, 3.63) is 65.8 Å². The van der Waals surface area contributed by atoms with E-state index in [0.29, 0.717) is 36.3 Å². The maximum Gasteiger partial charge on any atom is 0.253 e. The van der Waals surface area contributed by atoms with E-state index < -0.39 is 6.10 Å². The minimum atomic E-state index is -0.522. The van der Waals surface area contributed by atoms with Gasteiger partial charge in [-0.05, 0) is 49.1 Å².